The second-order valence-corrected chi connectivity index (χ2v) is 6.56. The second kappa shape index (κ2) is 4.79. The van der Waals surface area contributed by atoms with E-state index in [0.29, 0.717) is 6.42 Å². The fourth-order valence-corrected chi connectivity index (χ4v) is 3.67. The summed E-state index contributed by atoms with van der Waals surface area (Å²) < 4.78 is 2.82. The van der Waals surface area contributed by atoms with E-state index in [0.717, 1.165) is 26.3 Å². The number of aromatic nitrogens is 2. The van der Waals surface area contributed by atoms with Crippen molar-refractivity contribution in [2.45, 2.75) is 32.8 Å². The Kier molecular flexibility index (Phi) is 3.67. The first-order valence-electron chi connectivity index (χ1n) is 5.78. The van der Waals surface area contributed by atoms with E-state index in [1.54, 1.807) is 11.3 Å². The molecule has 0 spiro atoms. The SMILES string of the molecule is Cc1ccsc1C(C)(O)Cc1c(Br)c(C)nn1C. The van der Waals surface area contributed by atoms with E-state index in [1.165, 1.54) is 0 Å². The standard InChI is InChI=1S/C13H17BrN2OS/c1-8-5-6-18-12(8)13(3,17)7-10-11(14)9(2)15-16(10)4/h5-6,17H,7H2,1-4H3. The second-order valence-electron chi connectivity index (χ2n) is 4.85. The number of halogens is 1. The molecule has 0 aliphatic heterocycles. The molecule has 5 heteroatoms. The van der Waals surface area contributed by atoms with E-state index < -0.39 is 5.60 Å². The van der Waals surface area contributed by atoms with E-state index in [4.69, 9.17) is 0 Å². The third kappa shape index (κ3) is 2.39. The first-order valence-corrected chi connectivity index (χ1v) is 7.45. The third-order valence-electron chi connectivity index (χ3n) is 3.12. The van der Waals surface area contributed by atoms with Gasteiger partial charge in [-0.05, 0) is 53.7 Å². The first-order chi connectivity index (χ1) is 8.33. The van der Waals surface area contributed by atoms with Crippen molar-refractivity contribution in [1.82, 2.24) is 9.78 Å². The predicted molar refractivity (Wildman–Crippen MR) is 78.0 cm³/mol. The maximum atomic E-state index is 10.7. The van der Waals surface area contributed by atoms with Crippen molar-refractivity contribution < 1.29 is 5.11 Å². The summed E-state index contributed by atoms with van der Waals surface area (Å²) in [4.78, 5) is 1.02. The van der Waals surface area contributed by atoms with Crippen LogP contribution in [0.5, 0.6) is 0 Å². The minimum absolute atomic E-state index is 0.548. The van der Waals surface area contributed by atoms with Gasteiger partial charge in [0.25, 0.3) is 0 Å². The van der Waals surface area contributed by atoms with Crippen LogP contribution in [0, 0.1) is 13.8 Å². The molecule has 1 N–H and O–H groups in total. The molecule has 0 aliphatic carbocycles. The topological polar surface area (TPSA) is 38.1 Å². The summed E-state index contributed by atoms with van der Waals surface area (Å²) in [6.45, 7) is 5.85. The molecule has 1 unspecified atom stereocenters. The van der Waals surface area contributed by atoms with E-state index in [1.807, 2.05) is 43.9 Å². The molecule has 0 fully saturated rings. The average Bonchev–Trinajstić information content (AvgIpc) is 2.79. The third-order valence-corrected chi connectivity index (χ3v) is 5.43. The zero-order valence-corrected chi connectivity index (χ0v) is 13.4. The molecular formula is C13H17BrN2OS. The van der Waals surface area contributed by atoms with Gasteiger partial charge in [-0.15, -0.1) is 11.3 Å². The van der Waals surface area contributed by atoms with Crippen molar-refractivity contribution in [2.24, 2.45) is 7.05 Å². The quantitative estimate of drug-likeness (QED) is 0.938. The minimum atomic E-state index is -0.860. The van der Waals surface area contributed by atoms with Crippen LogP contribution >= 0.6 is 27.3 Å². The van der Waals surface area contributed by atoms with E-state index in [9.17, 15) is 5.11 Å². The number of aliphatic hydroxyl groups is 1. The predicted octanol–water partition coefficient (Wildman–Crippen LogP) is 3.31. The molecule has 0 aromatic carbocycles. The van der Waals surface area contributed by atoms with Gasteiger partial charge in [0.1, 0.15) is 5.60 Å². The van der Waals surface area contributed by atoms with E-state index in [2.05, 4.69) is 21.0 Å². The normalized spacial score (nSPS) is 14.8. The Morgan fingerprint density at radius 3 is 2.61 bits per heavy atom. The molecule has 2 aromatic heterocycles. The summed E-state index contributed by atoms with van der Waals surface area (Å²) >= 11 is 5.14. The number of rotatable bonds is 3. The lowest BCUT2D eigenvalue weighted by molar-refractivity contribution is 0.0587. The molecule has 0 saturated heterocycles. The highest BCUT2D eigenvalue weighted by Gasteiger charge is 2.29. The molecule has 18 heavy (non-hydrogen) atoms. The van der Waals surface area contributed by atoms with Crippen molar-refractivity contribution in [3.05, 3.63) is 37.7 Å². The van der Waals surface area contributed by atoms with Crippen LogP contribution in [0.3, 0.4) is 0 Å². The molecule has 98 valence electrons. The van der Waals surface area contributed by atoms with Gasteiger partial charge >= 0.3 is 0 Å². The fraction of sp³-hybridized carbons (Fsp3) is 0.462. The monoisotopic (exact) mass is 328 g/mol. The fourth-order valence-electron chi connectivity index (χ4n) is 2.20. The average molecular weight is 329 g/mol. The number of hydrogen-bond acceptors (Lipinski definition) is 3. The van der Waals surface area contributed by atoms with Gasteiger partial charge in [0.2, 0.25) is 0 Å². The smallest absolute Gasteiger partial charge is 0.102 e. The summed E-state index contributed by atoms with van der Waals surface area (Å²) in [7, 11) is 1.91. The number of nitrogens with zero attached hydrogens (tertiary/aromatic N) is 2. The maximum absolute atomic E-state index is 10.7. The van der Waals surface area contributed by atoms with Crippen molar-refractivity contribution in [3.63, 3.8) is 0 Å². The van der Waals surface area contributed by atoms with Crippen LogP contribution in [0.15, 0.2) is 15.9 Å². The van der Waals surface area contributed by atoms with E-state index in [-0.39, 0.29) is 0 Å². The van der Waals surface area contributed by atoms with Crippen LogP contribution in [0.1, 0.15) is 28.8 Å². The van der Waals surface area contributed by atoms with Gasteiger partial charge in [-0.2, -0.15) is 5.10 Å². The lowest BCUT2D eigenvalue weighted by atomic mass is 9.95. The van der Waals surface area contributed by atoms with Crippen LogP contribution in [0.25, 0.3) is 0 Å². The first kappa shape index (κ1) is 13.8. The van der Waals surface area contributed by atoms with Crippen LogP contribution < -0.4 is 0 Å². The molecule has 0 bridgehead atoms. The summed E-state index contributed by atoms with van der Waals surface area (Å²) in [5.41, 5.74) is 2.25. The van der Waals surface area contributed by atoms with Gasteiger partial charge in [-0.25, -0.2) is 0 Å². The molecule has 1 atom stereocenters. The van der Waals surface area contributed by atoms with Gasteiger partial charge in [0.15, 0.2) is 0 Å². The Balaban J connectivity index is 2.36. The summed E-state index contributed by atoms with van der Waals surface area (Å²) in [6, 6.07) is 2.04. The Morgan fingerprint density at radius 1 is 1.50 bits per heavy atom. The minimum Gasteiger partial charge on any atom is -0.384 e. The van der Waals surface area contributed by atoms with Gasteiger partial charge in [0, 0.05) is 18.3 Å². The lowest BCUT2D eigenvalue weighted by Crippen LogP contribution is -2.25. The van der Waals surface area contributed by atoms with Crippen molar-refractivity contribution >= 4 is 27.3 Å². The van der Waals surface area contributed by atoms with Gasteiger partial charge in [-0.1, -0.05) is 0 Å². The lowest BCUT2D eigenvalue weighted by Gasteiger charge is -2.23. The number of thiophene rings is 1. The van der Waals surface area contributed by atoms with Gasteiger partial charge in [0.05, 0.1) is 15.9 Å². The molecule has 3 nitrogen and oxygen atoms in total. The van der Waals surface area contributed by atoms with Crippen LogP contribution in [0.2, 0.25) is 0 Å². The summed E-state index contributed by atoms with van der Waals surface area (Å²) in [5, 5.41) is 17.1. The van der Waals surface area contributed by atoms with Crippen LogP contribution in [0.4, 0.5) is 0 Å². The Morgan fingerprint density at radius 2 is 2.17 bits per heavy atom. The number of hydrogen-bond donors (Lipinski definition) is 1. The zero-order chi connectivity index (χ0) is 13.5. The zero-order valence-electron chi connectivity index (χ0n) is 11.0. The molecule has 2 heterocycles. The maximum Gasteiger partial charge on any atom is 0.102 e. The molecule has 0 aliphatic rings. The van der Waals surface area contributed by atoms with Crippen molar-refractivity contribution in [2.75, 3.05) is 0 Å². The highest BCUT2D eigenvalue weighted by molar-refractivity contribution is 9.10. The molecule has 2 rings (SSSR count). The molecule has 0 saturated carbocycles. The highest BCUT2D eigenvalue weighted by Crippen LogP contribution is 2.34. The Bertz CT molecular complexity index is 572. The molecule has 0 radical (unpaired) electrons. The van der Waals surface area contributed by atoms with Crippen molar-refractivity contribution in [1.29, 1.82) is 0 Å². The van der Waals surface area contributed by atoms with Crippen LogP contribution in [-0.4, -0.2) is 14.9 Å². The summed E-state index contributed by atoms with van der Waals surface area (Å²) in [5.74, 6) is 0. The Hall–Kier alpha value is -0.650. The molecule has 2 aromatic rings. The van der Waals surface area contributed by atoms with Gasteiger partial charge in [-0.3, -0.25) is 4.68 Å². The molecular weight excluding hydrogens is 312 g/mol. The largest absolute Gasteiger partial charge is 0.384 e. The number of aryl methyl sites for hydroxylation is 3. The van der Waals surface area contributed by atoms with Crippen LogP contribution in [-0.2, 0) is 19.1 Å². The molecule has 0 amide bonds. The van der Waals surface area contributed by atoms with E-state index >= 15 is 0 Å². The van der Waals surface area contributed by atoms with Gasteiger partial charge < -0.3 is 5.11 Å². The summed E-state index contributed by atoms with van der Waals surface area (Å²) in [6.07, 6.45) is 0.548. The van der Waals surface area contributed by atoms with Crippen molar-refractivity contribution in [3.8, 4) is 0 Å². The Labute approximate surface area is 120 Å². The highest BCUT2D eigenvalue weighted by atomic mass is 79.9.